The summed E-state index contributed by atoms with van der Waals surface area (Å²) < 4.78 is 0. The first-order valence-corrected chi connectivity index (χ1v) is 7.99. The Balaban J connectivity index is 1.76. The van der Waals surface area contributed by atoms with Gasteiger partial charge in [0.25, 0.3) is 0 Å². The summed E-state index contributed by atoms with van der Waals surface area (Å²) in [6.07, 6.45) is 12.2. The van der Waals surface area contributed by atoms with Crippen LogP contribution < -0.4 is 0 Å². The smallest absolute Gasteiger partial charge is 0.158 e. The summed E-state index contributed by atoms with van der Waals surface area (Å²) in [5, 5.41) is 2.11. The van der Waals surface area contributed by atoms with E-state index in [0.29, 0.717) is 5.78 Å². The molecule has 2 rings (SSSR count). The molecule has 0 aliphatic heterocycles. The van der Waals surface area contributed by atoms with Crippen molar-refractivity contribution in [2.75, 3.05) is 0 Å². The van der Waals surface area contributed by atoms with Gasteiger partial charge in [0.2, 0.25) is 0 Å². The van der Waals surface area contributed by atoms with Crippen molar-refractivity contribution in [3.63, 3.8) is 0 Å². The van der Waals surface area contributed by atoms with E-state index < -0.39 is 0 Å². The van der Waals surface area contributed by atoms with Crippen LogP contribution in [-0.4, -0.2) is 5.78 Å². The molecule has 0 spiro atoms. The van der Waals surface area contributed by atoms with E-state index >= 15 is 0 Å². The van der Waals surface area contributed by atoms with Crippen LogP contribution in [0.15, 0.2) is 29.2 Å². The van der Waals surface area contributed by atoms with Crippen LogP contribution in [0.25, 0.3) is 0 Å². The maximum atomic E-state index is 12.1. The van der Waals surface area contributed by atoms with E-state index in [9.17, 15) is 4.79 Å². The first-order chi connectivity index (χ1) is 8.86. The summed E-state index contributed by atoms with van der Waals surface area (Å²) in [7, 11) is 0. The number of hydrogen-bond donors (Lipinski definition) is 0. The molecule has 1 aliphatic carbocycles. The Bertz CT molecular complexity index is 389. The molecule has 1 aliphatic rings. The van der Waals surface area contributed by atoms with Gasteiger partial charge in [-0.2, -0.15) is 0 Å². The summed E-state index contributed by atoms with van der Waals surface area (Å²) in [6.45, 7) is 0. The van der Waals surface area contributed by atoms with E-state index in [-0.39, 0.29) is 0 Å². The average molecular weight is 262 g/mol. The number of rotatable bonds is 5. The number of thiophene rings is 1. The lowest BCUT2D eigenvalue weighted by Crippen LogP contribution is -2.05. The first-order valence-electron chi connectivity index (χ1n) is 7.11. The zero-order chi connectivity index (χ0) is 12.6. The zero-order valence-corrected chi connectivity index (χ0v) is 11.8. The van der Waals surface area contributed by atoms with Gasteiger partial charge in [0.1, 0.15) is 0 Å². The Labute approximate surface area is 114 Å². The van der Waals surface area contributed by atoms with Crippen LogP contribution in [0.2, 0.25) is 0 Å². The molecule has 1 heterocycles. The molecule has 0 N–H and O–H groups in total. The monoisotopic (exact) mass is 262 g/mol. The number of hydrogen-bond acceptors (Lipinski definition) is 2. The van der Waals surface area contributed by atoms with Crippen molar-refractivity contribution in [1.82, 2.24) is 0 Å². The molecule has 0 saturated carbocycles. The van der Waals surface area contributed by atoms with Crippen molar-refractivity contribution < 1.29 is 4.79 Å². The van der Waals surface area contributed by atoms with Crippen LogP contribution in [0.3, 0.4) is 0 Å². The van der Waals surface area contributed by atoms with Crippen LogP contribution in [-0.2, 0) is 11.2 Å². The molecule has 0 atom stereocenters. The van der Waals surface area contributed by atoms with Gasteiger partial charge in [-0.1, -0.05) is 25.0 Å². The molecular formula is C16H22OS. The van der Waals surface area contributed by atoms with Crippen LogP contribution in [0.5, 0.6) is 0 Å². The molecular weight excluding hydrogens is 240 g/mol. The summed E-state index contributed by atoms with van der Waals surface area (Å²) in [4.78, 5) is 13.5. The van der Waals surface area contributed by atoms with Gasteiger partial charge in [-0.25, -0.2) is 0 Å². The fourth-order valence-corrected chi connectivity index (χ4v) is 3.23. The molecule has 0 radical (unpaired) electrons. The molecule has 98 valence electrons. The molecule has 0 saturated heterocycles. The van der Waals surface area contributed by atoms with Crippen molar-refractivity contribution in [2.24, 2.45) is 0 Å². The van der Waals surface area contributed by atoms with Gasteiger partial charge in [0.15, 0.2) is 5.78 Å². The predicted octanol–water partition coefficient (Wildman–Crippen LogP) is 4.92. The van der Waals surface area contributed by atoms with Crippen LogP contribution in [0, 0.1) is 0 Å². The lowest BCUT2D eigenvalue weighted by Gasteiger charge is -2.10. The van der Waals surface area contributed by atoms with E-state index in [1.165, 1.54) is 30.6 Å². The minimum absolute atomic E-state index is 0.397. The van der Waals surface area contributed by atoms with Gasteiger partial charge in [-0.15, -0.1) is 11.3 Å². The number of aryl methyl sites for hydroxylation is 1. The van der Waals surface area contributed by atoms with Gasteiger partial charge in [-0.05, 0) is 55.5 Å². The molecule has 1 nitrogen and oxygen atoms in total. The second-order valence-corrected chi connectivity index (χ2v) is 6.07. The summed E-state index contributed by atoms with van der Waals surface area (Å²) in [6, 6.07) is 4.24. The van der Waals surface area contributed by atoms with Crippen molar-refractivity contribution in [3.05, 3.63) is 34.0 Å². The highest BCUT2D eigenvalue weighted by atomic mass is 32.1. The Kier molecular flexibility index (Phi) is 5.66. The van der Waals surface area contributed by atoms with E-state index in [0.717, 1.165) is 37.7 Å². The number of allylic oxidation sites excluding steroid dienone is 2. The normalized spacial score (nSPS) is 19.7. The standard InChI is InChI=1S/C16H22OS/c17-16(12-6-10-15-11-7-13-18-15)14-8-4-2-1-3-5-9-14/h7-8,11,13H,1-6,9-10,12H2/b14-8+. The van der Waals surface area contributed by atoms with Crippen LogP contribution in [0.1, 0.15) is 56.2 Å². The fraction of sp³-hybridized carbons (Fsp3) is 0.562. The summed E-state index contributed by atoms with van der Waals surface area (Å²) in [5.74, 6) is 0.397. The SMILES string of the molecule is O=C(CCCc1cccs1)/C1=C/CCCCCC1. The van der Waals surface area contributed by atoms with E-state index in [1.54, 1.807) is 11.3 Å². The molecule has 0 amide bonds. The third kappa shape index (κ3) is 4.41. The topological polar surface area (TPSA) is 17.1 Å². The van der Waals surface area contributed by atoms with E-state index in [1.807, 2.05) is 0 Å². The molecule has 0 aromatic carbocycles. The minimum Gasteiger partial charge on any atom is -0.295 e. The highest BCUT2D eigenvalue weighted by Gasteiger charge is 2.10. The molecule has 1 aromatic heterocycles. The number of carbonyl (C=O) groups excluding carboxylic acids is 1. The number of ketones is 1. The van der Waals surface area contributed by atoms with Crippen molar-refractivity contribution in [3.8, 4) is 0 Å². The summed E-state index contributed by atoms with van der Waals surface area (Å²) >= 11 is 1.79. The number of carbonyl (C=O) groups is 1. The minimum atomic E-state index is 0.397. The Hall–Kier alpha value is -0.890. The third-order valence-corrected chi connectivity index (χ3v) is 4.49. The van der Waals surface area contributed by atoms with Gasteiger partial charge in [0, 0.05) is 11.3 Å². The highest BCUT2D eigenvalue weighted by Crippen LogP contribution is 2.20. The molecule has 0 fully saturated rings. The molecule has 18 heavy (non-hydrogen) atoms. The van der Waals surface area contributed by atoms with E-state index in [2.05, 4.69) is 23.6 Å². The average Bonchev–Trinajstić information content (AvgIpc) is 2.81. The predicted molar refractivity (Wildman–Crippen MR) is 78.0 cm³/mol. The molecule has 0 bridgehead atoms. The first kappa shape index (κ1) is 13.5. The van der Waals surface area contributed by atoms with Crippen molar-refractivity contribution in [2.45, 2.75) is 57.8 Å². The molecule has 1 aromatic rings. The lowest BCUT2D eigenvalue weighted by atomic mass is 9.95. The quantitative estimate of drug-likeness (QED) is 0.736. The Morgan fingerprint density at radius 2 is 2.11 bits per heavy atom. The number of Topliss-reactive ketones (excluding diaryl/α,β-unsaturated/α-hetero) is 1. The second kappa shape index (κ2) is 7.52. The second-order valence-electron chi connectivity index (χ2n) is 5.04. The zero-order valence-electron chi connectivity index (χ0n) is 11.0. The van der Waals surface area contributed by atoms with E-state index in [4.69, 9.17) is 0 Å². The molecule has 2 heteroatoms. The highest BCUT2D eigenvalue weighted by molar-refractivity contribution is 7.09. The van der Waals surface area contributed by atoms with Gasteiger partial charge in [-0.3, -0.25) is 4.79 Å². The maximum Gasteiger partial charge on any atom is 0.158 e. The maximum absolute atomic E-state index is 12.1. The van der Waals surface area contributed by atoms with Gasteiger partial charge >= 0.3 is 0 Å². The third-order valence-electron chi connectivity index (χ3n) is 3.56. The lowest BCUT2D eigenvalue weighted by molar-refractivity contribution is -0.115. The molecule has 0 unspecified atom stereocenters. The fourth-order valence-electron chi connectivity index (χ4n) is 2.48. The van der Waals surface area contributed by atoms with Gasteiger partial charge < -0.3 is 0 Å². The Morgan fingerprint density at radius 3 is 2.94 bits per heavy atom. The largest absolute Gasteiger partial charge is 0.295 e. The summed E-state index contributed by atoms with van der Waals surface area (Å²) in [5.41, 5.74) is 1.11. The van der Waals surface area contributed by atoms with Gasteiger partial charge in [0.05, 0.1) is 0 Å². The van der Waals surface area contributed by atoms with Crippen LogP contribution in [0.4, 0.5) is 0 Å². The Morgan fingerprint density at radius 1 is 1.22 bits per heavy atom. The van der Waals surface area contributed by atoms with Crippen molar-refractivity contribution >= 4 is 17.1 Å². The van der Waals surface area contributed by atoms with Crippen LogP contribution >= 0.6 is 11.3 Å². The van der Waals surface area contributed by atoms with Crippen molar-refractivity contribution in [1.29, 1.82) is 0 Å².